The maximum absolute atomic E-state index is 12.0. The van der Waals surface area contributed by atoms with Crippen molar-refractivity contribution in [2.45, 2.75) is 66.1 Å². The van der Waals surface area contributed by atoms with Gasteiger partial charge in [-0.05, 0) is 54.9 Å². The van der Waals surface area contributed by atoms with Crippen LogP contribution in [0.4, 0.5) is 0 Å². The van der Waals surface area contributed by atoms with Gasteiger partial charge in [-0.3, -0.25) is 9.59 Å². The zero-order valence-electron chi connectivity index (χ0n) is 13.1. The van der Waals surface area contributed by atoms with Crippen LogP contribution in [0.25, 0.3) is 0 Å². The summed E-state index contributed by atoms with van der Waals surface area (Å²) in [5.41, 5.74) is -1.24. The van der Waals surface area contributed by atoms with E-state index in [2.05, 4.69) is 0 Å². The maximum atomic E-state index is 12.0. The molecule has 0 aliphatic rings. The molecule has 0 bridgehead atoms. The Morgan fingerprint density at radius 1 is 0.947 bits per heavy atom. The molecule has 0 N–H and O–H groups in total. The van der Waals surface area contributed by atoms with E-state index in [0.29, 0.717) is 6.42 Å². The van der Waals surface area contributed by atoms with Crippen LogP contribution in [-0.4, -0.2) is 23.1 Å². The van der Waals surface area contributed by atoms with E-state index in [-0.39, 0.29) is 0 Å². The molecule has 19 heavy (non-hydrogen) atoms. The van der Waals surface area contributed by atoms with Crippen LogP contribution in [0.15, 0.2) is 12.2 Å². The van der Waals surface area contributed by atoms with Gasteiger partial charge in [0.1, 0.15) is 11.2 Å². The van der Waals surface area contributed by atoms with Crippen molar-refractivity contribution in [3.05, 3.63) is 12.2 Å². The van der Waals surface area contributed by atoms with E-state index >= 15 is 0 Å². The molecule has 0 aromatic heterocycles. The number of ether oxygens (including phenoxy) is 2. The Labute approximate surface area is 116 Å². The highest BCUT2D eigenvalue weighted by Crippen LogP contribution is 2.19. The van der Waals surface area contributed by atoms with Crippen LogP contribution in [0.5, 0.6) is 0 Å². The highest BCUT2D eigenvalue weighted by molar-refractivity contribution is 5.95. The topological polar surface area (TPSA) is 52.6 Å². The van der Waals surface area contributed by atoms with Crippen molar-refractivity contribution in [3.8, 4) is 0 Å². The lowest BCUT2D eigenvalue weighted by Gasteiger charge is -2.25. The predicted octanol–water partition coefficient (Wildman–Crippen LogP) is 3.25. The highest BCUT2D eigenvalue weighted by atomic mass is 16.6. The largest absolute Gasteiger partial charge is 0.459 e. The molecule has 0 aliphatic carbocycles. The van der Waals surface area contributed by atoms with Crippen molar-refractivity contribution in [1.82, 2.24) is 0 Å². The first-order chi connectivity index (χ1) is 8.46. The van der Waals surface area contributed by atoms with Crippen LogP contribution < -0.4 is 0 Å². The molecular formula is C15H26O4. The molecule has 0 amide bonds. The second-order valence-electron chi connectivity index (χ2n) is 6.42. The Morgan fingerprint density at radius 2 is 1.32 bits per heavy atom. The monoisotopic (exact) mass is 270 g/mol. The average molecular weight is 270 g/mol. The standard InChI is InChI=1S/C15H26O4/c1-8-9-10-11(12(16)18-14(2,3)4)13(17)19-15(5,6)7/h8-9,11H,10H2,1-7H3/b9-8+. The fraction of sp³-hybridized carbons (Fsp3) is 0.733. The van der Waals surface area contributed by atoms with Crippen LogP contribution in [0.1, 0.15) is 54.9 Å². The van der Waals surface area contributed by atoms with Gasteiger partial charge in [0.2, 0.25) is 0 Å². The first-order valence-electron chi connectivity index (χ1n) is 6.53. The minimum Gasteiger partial charge on any atom is -0.459 e. The molecular weight excluding hydrogens is 244 g/mol. The molecule has 0 aromatic carbocycles. The quantitative estimate of drug-likeness (QED) is 0.447. The van der Waals surface area contributed by atoms with Gasteiger partial charge in [-0.25, -0.2) is 0 Å². The molecule has 0 rings (SSSR count). The van der Waals surface area contributed by atoms with Crippen molar-refractivity contribution in [2.75, 3.05) is 0 Å². The zero-order chi connectivity index (χ0) is 15.3. The molecule has 0 aromatic rings. The number of carbonyl (C=O) groups is 2. The molecule has 4 nitrogen and oxygen atoms in total. The number of allylic oxidation sites excluding steroid dienone is 2. The average Bonchev–Trinajstić information content (AvgIpc) is 2.12. The van der Waals surface area contributed by atoms with Crippen molar-refractivity contribution in [1.29, 1.82) is 0 Å². The molecule has 0 atom stereocenters. The van der Waals surface area contributed by atoms with Crippen molar-refractivity contribution in [3.63, 3.8) is 0 Å². The fourth-order valence-electron chi connectivity index (χ4n) is 1.31. The molecule has 4 heteroatoms. The summed E-state index contributed by atoms with van der Waals surface area (Å²) < 4.78 is 10.5. The van der Waals surface area contributed by atoms with Crippen molar-refractivity contribution < 1.29 is 19.1 Å². The summed E-state index contributed by atoms with van der Waals surface area (Å²) in [4.78, 5) is 24.1. The third-order valence-electron chi connectivity index (χ3n) is 1.99. The van der Waals surface area contributed by atoms with Gasteiger partial charge in [0.15, 0.2) is 5.92 Å². The Hall–Kier alpha value is -1.32. The third kappa shape index (κ3) is 8.41. The molecule has 0 spiro atoms. The predicted molar refractivity (Wildman–Crippen MR) is 74.6 cm³/mol. The number of hydrogen-bond acceptors (Lipinski definition) is 4. The first kappa shape index (κ1) is 17.7. The lowest BCUT2D eigenvalue weighted by molar-refractivity contribution is -0.174. The molecule has 0 unspecified atom stereocenters. The van der Waals surface area contributed by atoms with Gasteiger partial charge < -0.3 is 9.47 Å². The summed E-state index contributed by atoms with van der Waals surface area (Å²) in [5, 5.41) is 0. The molecule has 0 saturated carbocycles. The normalized spacial score (nSPS) is 12.8. The van der Waals surface area contributed by atoms with E-state index in [0.717, 1.165) is 0 Å². The summed E-state index contributed by atoms with van der Waals surface area (Å²) >= 11 is 0. The Kier molecular flexibility index (Phi) is 6.27. The van der Waals surface area contributed by atoms with E-state index in [1.165, 1.54) is 0 Å². The maximum Gasteiger partial charge on any atom is 0.321 e. The SMILES string of the molecule is C/C=C/CC(C(=O)OC(C)(C)C)C(=O)OC(C)(C)C. The van der Waals surface area contributed by atoms with E-state index in [4.69, 9.17) is 9.47 Å². The van der Waals surface area contributed by atoms with Crippen molar-refractivity contribution in [2.24, 2.45) is 5.92 Å². The second-order valence-corrected chi connectivity index (χ2v) is 6.42. The number of hydrogen-bond donors (Lipinski definition) is 0. The summed E-state index contributed by atoms with van der Waals surface area (Å²) in [7, 11) is 0. The van der Waals surface area contributed by atoms with Gasteiger partial charge in [0.25, 0.3) is 0 Å². The molecule has 0 fully saturated rings. The van der Waals surface area contributed by atoms with Crippen LogP contribution in [-0.2, 0) is 19.1 Å². The summed E-state index contributed by atoms with van der Waals surface area (Å²) in [6.45, 7) is 12.5. The summed E-state index contributed by atoms with van der Waals surface area (Å²) in [6.07, 6.45) is 3.85. The molecule has 0 saturated heterocycles. The first-order valence-corrected chi connectivity index (χ1v) is 6.53. The van der Waals surface area contributed by atoms with E-state index in [1.54, 1.807) is 53.7 Å². The van der Waals surface area contributed by atoms with Crippen LogP contribution in [0, 0.1) is 5.92 Å². The smallest absolute Gasteiger partial charge is 0.321 e. The lowest BCUT2D eigenvalue weighted by atomic mass is 10.0. The third-order valence-corrected chi connectivity index (χ3v) is 1.99. The Bertz CT molecular complexity index is 314. The minimum absolute atomic E-state index is 0.292. The van der Waals surface area contributed by atoms with Gasteiger partial charge in [-0.15, -0.1) is 0 Å². The Morgan fingerprint density at radius 3 is 1.58 bits per heavy atom. The number of rotatable bonds is 4. The lowest BCUT2D eigenvalue weighted by Crippen LogP contribution is -2.36. The molecule has 0 radical (unpaired) electrons. The molecule has 0 aliphatic heterocycles. The van der Waals surface area contributed by atoms with E-state index in [1.807, 2.05) is 6.92 Å². The van der Waals surface area contributed by atoms with Gasteiger partial charge in [0.05, 0.1) is 0 Å². The van der Waals surface area contributed by atoms with Gasteiger partial charge >= 0.3 is 11.9 Å². The number of carbonyl (C=O) groups excluding carboxylic acids is 2. The van der Waals surface area contributed by atoms with Crippen LogP contribution >= 0.6 is 0 Å². The number of esters is 2. The summed E-state index contributed by atoms with van der Waals surface area (Å²) in [5.74, 6) is -1.99. The van der Waals surface area contributed by atoms with Crippen LogP contribution in [0.3, 0.4) is 0 Å². The highest BCUT2D eigenvalue weighted by Gasteiger charge is 2.33. The van der Waals surface area contributed by atoms with Crippen LogP contribution in [0.2, 0.25) is 0 Å². The van der Waals surface area contributed by atoms with E-state index < -0.39 is 29.1 Å². The molecule has 0 heterocycles. The van der Waals surface area contributed by atoms with Crippen molar-refractivity contribution >= 4 is 11.9 Å². The van der Waals surface area contributed by atoms with Gasteiger partial charge in [-0.1, -0.05) is 12.2 Å². The minimum atomic E-state index is -0.908. The van der Waals surface area contributed by atoms with E-state index in [9.17, 15) is 9.59 Å². The zero-order valence-corrected chi connectivity index (χ0v) is 13.1. The molecule has 110 valence electrons. The Balaban J connectivity index is 4.90. The second kappa shape index (κ2) is 6.73. The fourth-order valence-corrected chi connectivity index (χ4v) is 1.31. The van der Waals surface area contributed by atoms with Gasteiger partial charge in [0, 0.05) is 0 Å². The summed E-state index contributed by atoms with van der Waals surface area (Å²) in [6, 6.07) is 0. The van der Waals surface area contributed by atoms with Gasteiger partial charge in [-0.2, -0.15) is 0 Å².